The molecular weight excluding hydrogens is 182 g/mol. The van der Waals surface area contributed by atoms with Crippen LogP contribution < -0.4 is 5.32 Å². The molecule has 2 N–H and O–H groups in total. The minimum Gasteiger partial charge on any atom is -0.391 e. The van der Waals surface area contributed by atoms with E-state index >= 15 is 0 Å². The van der Waals surface area contributed by atoms with Gasteiger partial charge in [-0.2, -0.15) is 4.80 Å². The van der Waals surface area contributed by atoms with Crippen molar-refractivity contribution in [1.29, 1.82) is 0 Å². The summed E-state index contributed by atoms with van der Waals surface area (Å²) in [6, 6.07) is 0.625. The van der Waals surface area contributed by atoms with Crippen LogP contribution in [0.3, 0.4) is 0 Å². The number of rotatable bonds is 5. The highest BCUT2D eigenvalue weighted by atomic mass is 16.3. The molecule has 1 aliphatic rings. The second-order valence-electron chi connectivity index (χ2n) is 3.74. The van der Waals surface area contributed by atoms with Crippen LogP contribution in [-0.2, 0) is 13.5 Å². The molecule has 78 valence electrons. The van der Waals surface area contributed by atoms with E-state index in [4.69, 9.17) is 0 Å². The van der Waals surface area contributed by atoms with E-state index in [-0.39, 0.29) is 0 Å². The van der Waals surface area contributed by atoms with Crippen LogP contribution in [0.4, 0.5) is 0 Å². The van der Waals surface area contributed by atoms with Gasteiger partial charge in [0.2, 0.25) is 0 Å². The first kappa shape index (κ1) is 9.54. The summed E-state index contributed by atoms with van der Waals surface area (Å²) in [6.07, 6.45) is 2.51. The number of aryl methyl sites for hydroxylation is 1. The lowest BCUT2D eigenvalue weighted by Crippen LogP contribution is -2.30. The summed E-state index contributed by atoms with van der Waals surface area (Å²) >= 11 is 0. The van der Waals surface area contributed by atoms with E-state index in [0.29, 0.717) is 24.8 Å². The van der Waals surface area contributed by atoms with Gasteiger partial charge in [0.25, 0.3) is 0 Å². The molecule has 1 heterocycles. The zero-order chi connectivity index (χ0) is 9.97. The molecular formula is C8H15N5O. The lowest BCUT2D eigenvalue weighted by molar-refractivity contribution is 0.169. The molecule has 1 aromatic rings. The fraction of sp³-hybridized carbons (Fsp3) is 0.875. The zero-order valence-corrected chi connectivity index (χ0v) is 8.22. The van der Waals surface area contributed by atoms with Crippen molar-refractivity contribution in [3.8, 4) is 0 Å². The van der Waals surface area contributed by atoms with Gasteiger partial charge in [0, 0.05) is 19.0 Å². The summed E-state index contributed by atoms with van der Waals surface area (Å²) < 4.78 is 0. The number of aromatic nitrogens is 4. The fourth-order valence-corrected chi connectivity index (χ4v) is 1.28. The second-order valence-corrected chi connectivity index (χ2v) is 3.74. The number of hydrogen-bond acceptors (Lipinski definition) is 5. The van der Waals surface area contributed by atoms with Crippen molar-refractivity contribution >= 4 is 0 Å². The van der Waals surface area contributed by atoms with Gasteiger partial charge in [-0.1, -0.05) is 0 Å². The Morgan fingerprint density at radius 1 is 1.64 bits per heavy atom. The van der Waals surface area contributed by atoms with E-state index in [1.807, 2.05) is 0 Å². The summed E-state index contributed by atoms with van der Waals surface area (Å²) in [5, 5.41) is 24.4. The van der Waals surface area contributed by atoms with Crippen LogP contribution in [0, 0.1) is 0 Å². The molecule has 1 atom stereocenters. The van der Waals surface area contributed by atoms with Crippen LogP contribution >= 0.6 is 0 Å². The Labute approximate surface area is 82.3 Å². The molecule has 6 nitrogen and oxygen atoms in total. The van der Waals surface area contributed by atoms with Crippen LogP contribution in [0.2, 0.25) is 0 Å². The zero-order valence-electron chi connectivity index (χ0n) is 8.22. The quantitative estimate of drug-likeness (QED) is 0.624. The molecule has 1 fully saturated rings. The van der Waals surface area contributed by atoms with Crippen molar-refractivity contribution in [3.63, 3.8) is 0 Å². The summed E-state index contributed by atoms with van der Waals surface area (Å²) in [7, 11) is 1.71. The molecule has 1 unspecified atom stereocenters. The van der Waals surface area contributed by atoms with Crippen LogP contribution in [0.1, 0.15) is 18.7 Å². The smallest absolute Gasteiger partial charge is 0.177 e. The van der Waals surface area contributed by atoms with Gasteiger partial charge in [0.15, 0.2) is 5.82 Å². The van der Waals surface area contributed by atoms with Crippen molar-refractivity contribution in [2.45, 2.75) is 31.4 Å². The van der Waals surface area contributed by atoms with E-state index in [9.17, 15) is 5.11 Å². The molecule has 0 spiro atoms. The molecule has 0 bridgehead atoms. The van der Waals surface area contributed by atoms with Crippen molar-refractivity contribution in [1.82, 2.24) is 25.5 Å². The normalized spacial score (nSPS) is 18.4. The molecule has 2 rings (SSSR count). The molecule has 0 aromatic carbocycles. The van der Waals surface area contributed by atoms with E-state index in [1.165, 1.54) is 17.6 Å². The van der Waals surface area contributed by atoms with Gasteiger partial charge < -0.3 is 10.4 Å². The van der Waals surface area contributed by atoms with E-state index in [2.05, 4.69) is 20.7 Å². The average molecular weight is 197 g/mol. The van der Waals surface area contributed by atoms with E-state index < -0.39 is 6.10 Å². The summed E-state index contributed by atoms with van der Waals surface area (Å²) in [5.74, 6) is 0.595. The maximum absolute atomic E-state index is 9.61. The van der Waals surface area contributed by atoms with Crippen LogP contribution in [0.25, 0.3) is 0 Å². The first-order valence-electron chi connectivity index (χ1n) is 4.88. The van der Waals surface area contributed by atoms with Gasteiger partial charge in [0.1, 0.15) is 0 Å². The standard InChI is InChI=1S/C8H15N5O/c1-13-11-8(10-12-13)4-7(14)5-9-6-2-3-6/h6-7,9,14H,2-5H2,1H3. The summed E-state index contributed by atoms with van der Waals surface area (Å²) in [4.78, 5) is 1.40. The molecule has 0 amide bonds. The van der Waals surface area contributed by atoms with Gasteiger partial charge in [-0.05, 0) is 18.1 Å². The SMILES string of the molecule is Cn1nnc(CC(O)CNC2CC2)n1. The molecule has 1 saturated carbocycles. The fourth-order valence-electron chi connectivity index (χ4n) is 1.28. The lowest BCUT2D eigenvalue weighted by atomic mass is 10.2. The highest BCUT2D eigenvalue weighted by molar-refractivity contribution is 4.85. The molecule has 0 aliphatic heterocycles. The predicted molar refractivity (Wildman–Crippen MR) is 49.5 cm³/mol. The van der Waals surface area contributed by atoms with E-state index in [0.717, 1.165) is 0 Å². The van der Waals surface area contributed by atoms with Crippen LogP contribution in [-0.4, -0.2) is 44.0 Å². The monoisotopic (exact) mass is 197 g/mol. The third kappa shape index (κ3) is 2.74. The molecule has 6 heteroatoms. The predicted octanol–water partition coefficient (Wildman–Crippen LogP) is -1.13. The third-order valence-electron chi connectivity index (χ3n) is 2.19. The number of nitrogens with one attached hydrogen (secondary N) is 1. The Morgan fingerprint density at radius 3 is 3.00 bits per heavy atom. The highest BCUT2D eigenvalue weighted by Crippen LogP contribution is 2.18. The molecule has 1 aromatic heterocycles. The van der Waals surface area contributed by atoms with Gasteiger partial charge in [-0.15, -0.1) is 10.2 Å². The maximum Gasteiger partial charge on any atom is 0.177 e. The van der Waals surface area contributed by atoms with Crippen molar-refractivity contribution in [2.24, 2.45) is 7.05 Å². The first-order chi connectivity index (χ1) is 6.74. The van der Waals surface area contributed by atoms with Gasteiger partial charge >= 0.3 is 0 Å². The Hall–Kier alpha value is -1.01. The Balaban J connectivity index is 1.72. The first-order valence-corrected chi connectivity index (χ1v) is 4.88. The molecule has 0 saturated heterocycles. The number of hydrogen-bond donors (Lipinski definition) is 2. The number of nitrogens with zero attached hydrogens (tertiary/aromatic N) is 4. The maximum atomic E-state index is 9.61. The van der Waals surface area contributed by atoms with Gasteiger partial charge in [-0.3, -0.25) is 0 Å². The van der Waals surface area contributed by atoms with Crippen molar-refractivity contribution in [2.75, 3.05) is 6.54 Å². The Kier molecular flexibility index (Phi) is 2.74. The topological polar surface area (TPSA) is 75.9 Å². The third-order valence-corrected chi connectivity index (χ3v) is 2.19. The highest BCUT2D eigenvalue weighted by Gasteiger charge is 2.21. The van der Waals surface area contributed by atoms with Crippen molar-refractivity contribution < 1.29 is 5.11 Å². The molecule has 1 aliphatic carbocycles. The van der Waals surface area contributed by atoms with Gasteiger partial charge in [0.05, 0.1) is 13.2 Å². The number of aliphatic hydroxyl groups excluding tert-OH is 1. The second kappa shape index (κ2) is 4.02. The Bertz CT molecular complexity index is 296. The van der Waals surface area contributed by atoms with Crippen LogP contribution in [0.15, 0.2) is 0 Å². The Morgan fingerprint density at radius 2 is 2.43 bits per heavy atom. The van der Waals surface area contributed by atoms with Crippen molar-refractivity contribution in [3.05, 3.63) is 5.82 Å². The van der Waals surface area contributed by atoms with Gasteiger partial charge in [-0.25, -0.2) is 0 Å². The minimum absolute atomic E-state index is 0.417. The van der Waals surface area contributed by atoms with Crippen LogP contribution in [0.5, 0.6) is 0 Å². The summed E-state index contributed by atoms with van der Waals surface area (Å²) in [5.41, 5.74) is 0. The summed E-state index contributed by atoms with van der Waals surface area (Å²) in [6.45, 7) is 0.614. The molecule has 14 heavy (non-hydrogen) atoms. The van der Waals surface area contributed by atoms with E-state index in [1.54, 1.807) is 7.05 Å². The minimum atomic E-state index is -0.417. The molecule has 0 radical (unpaired) electrons. The number of tetrazole rings is 1. The lowest BCUT2D eigenvalue weighted by Gasteiger charge is -2.08. The largest absolute Gasteiger partial charge is 0.391 e. The number of aliphatic hydroxyl groups is 1. The average Bonchev–Trinajstić information content (AvgIpc) is 2.88.